The smallest absolute Gasteiger partial charge is 0.243 e. The topological polar surface area (TPSA) is 43.1 Å². The molecule has 0 bridgehead atoms. The van der Waals surface area contributed by atoms with Gasteiger partial charge in [-0.2, -0.15) is 0 Å². The van der Waals surface area contributed by atoms with Crippen molar-refractivity contribution < 1.29 is 4.79 Å². The van der Waals surface area contributed by atoms with E-state index in [-0.39, 0.29) is 0 Å². The van der Waals surface area contributed by atoms with Crippen molar-refractivity contribution in [1.29, 1.82) is 0 Å². The summed E-state index contributed by atoms with van der Waals surface area (Å²) >= 11 is 0. The molecule has 1 amide bonds. The SMILES string of the molecule is C=C(C)C(N)=O.CCCCCC. The summed E-state index contributed by atoms with van der Waals surface area (Å²) in [6.45, 7) is 9.32. The molecule has 0 unspecified atom stereocenters. The molecule has 2 heteroatoms. The molecule has 0 saturated heterocycles. The third kappa shape index (κ3) is 16.1. The van der Waals surface area contributed by atoms with Gasteiger partial charge in [-0.15, -0.1) is 0 Å². The van der Waals surface area contributed by atoms with Gasteiger partial charge in [0.15, 0.2) is 0 Å². The van der Waals surface area contributed by atoms with E-state index in [1.165, 1.54) is 25.7 Å². The first-order chi connectivity index (χ1) is 5.56. The fourth-order valence-electron chi connectivity index (χ4n) is 0.500. The average molecular weight is 171 g/mol. The number of carbonyl (C=O) groups is 1. The van der Waals surface area contributed by atoms with Gasteiger partial charge >= 0.3 is 0 Å². The Bertz CT molecular complexity index is 114. The molecule has 2 nitrogen and oxygen atoms in total. The zero-order chi connectivity index (χ0) is 9.98. The summed E-state index contributed by atoms with van der Waals surface area (Å²) < 4.78 is 0. The lowest BCUT2D eigenvalue weighted by molar-refractivity contribution is -0.114. The van der Waals surface area contributed by atoms with E-state index in [0.29, 0.717) is 5.57 Å². The van der Waals surface area contributed by atoms with Crippen LogP contribution < -0.4 is 5.73 Å². The van der Waals surface area contributed by atoms with Crippen LogP contribution in [-0.2, 0) is 4.79 Å². The van der Waals surface area contributed by atoms with Crippen LogP contribution in [0.1, 0.15) is 46.5 Å². The number of hydrogen-bond donors (Lipinski definition) is 1. The first kappa shape index (κ1) is 13.8. The number of amides is 1. The maximum atomic E-state index is 9.82. The van der Waals surface area contributed by atoms with Crippen molar-refractivity contribution in [1.82, 2.24) is 0 Å². The van der Waals surface area contributed by atoms with Crippen LogP contribution in [0.5, 0.6) is 0 Å². The lowest BCUT2D eigenvalue weighted by atomic mass is 10.2. The fourth-order valence-corrected chi connectivity index (χ4v) is 0.500. The van der Waals surface area contributed by atoms with Crippen LogP contribution in [0.15, 0.2) is 12.2 Å². The van der Waals surface area contributed by atoms with Crippen molar-refractivity contribution in [2.45, 2.75) is 46.5 Å². The standard InChI is InChI=1S/C6H14.C4H7NO/c1-3-5-6-4-2;1-3(2)4(5)6/h3-6H2,1-2H3;1H2,2H3,(H2,5,6). The van der Waals surface area contributed by atoms with E-state index >= 15 is 0 Å². The Kier molecular flexibility index (Phi) is 11.7. The zero-order valence-corrected chi connectivity index (χ0v) is 8.52. The summed E-state index contributed by atoms with van der Waals surface area (Å²) in [4.78, 5) is 9.82. The van der Waals surface area contributed by atoms with Crippen LogP contribution in [0.2, 0.25) is 0 Å². The van der Waals surface area contributed by atoms with Crippen molar-refractivity contribution in [3.63, 3.8) is 0 Å². The minimum atomic E-state index is -0.435. The minimum absolute atomic E-state index is 0.398. The molecule has 0 atom stereocenters. The second-order valence-electron chi connectivity index (χ2n) is 2.85. The molecule has 0 heterocycles. The molecule has 0 aliphatic rings. The third-order valence-electron chi connectivity index (χ3n) is 1.38. The lowest BCUT2D eigenvalue weighted by Gasteiger charge is -1.86. The van der Waals surface area contributed by atoms with Gasteiger partial charge in [0.2, 0.25) is 5.91 Å². The van der Waals surface area contributed by atoms with Crippen molar-refractivity contribution in [3.05, 3.63) is 12.2 Å². The van der Waals surface area contributed by atoms with Crippen LogP contribution in [0.4, 0.5) is 0 Å². The maximum Gasteiger partial charge on any atom is 0.243 e. The molecule has 0 aromatic rings. The quantitative estimate of drug-likeness (QED) is 0.513. The maximum absolute atomic E-state index is 9.82. The highest BCUT2D eigenvalue weighted by Gasteiger charge is 1.86. The Labute approximate surface area is 75.8 Å². The summed E-state index contributed by atoms with van der Waals surface area (Å²) in [6.07, 6.45) is 5.54. The highest BCUT2D eigenvalue weighted by atomic mass is 16.1. The number of hydrogen-bond acceptors (Lipinski definition) is 1. The highest BCUT2D eigenvalue weighted by molar-refractivity contribution is 5.90. The number of unbranched alkanes of at least 4 members (excludes halogenated alkanes) is 3. The predicted molar refractivity (Wildman–Crippen MR) is 53.8 cm³/mol. The molecule has 0 aromatic heterocycles. The van der Waals surface area contributed by atoms with Gasteiger partial charge in [-0.3, -0.25) is 4.79 Å². The molecule has 12 heavy (non-hydrogen) atoms. The molecule has 2 N–H and O–H groups in total. The normalized spacial score (nSPS) is 8.25. The average Bonchev–Trinajstić information content (AvgIpc) is 2.02. The van der Waals surface area contributed by atoms with Crippen molar-refractivity contribution in [2.75, 3.05) is 0 Å². The van der Waals surface area contributed by atoms with Crippen molar-refractivity contribution in [2.24, 2.45) is 5.73 Å². The molecule has 0 aliphatic heterocycles. The Hall–Kier alpha value is -0.790. The van der Waals surface area contributed by atoms with Gasteiger partial charge in [-0.1, -0.05) is 46.1 Å². The number of carbonyl (C=O) groups excluding carboxylic acids is 1. The molecular weight excluding hydrogens is 150 g/mol. The van der Waals surface area contributed by atoms with Gasteiger partial charge in [0, 0.05) is 5.57 Å². The van der Waals surface area contributed by atoms with Crippen LogP contribution in [0, 0.1) is 0 Å². The van der Waals surface area contributed by atoms with Gasteiger partial charge < -0.3 is 5.73 Å². The van der Waals surface area contributed by atoms with Crippen molar-refractivity contribution in [3.8, 4) is 0 Å². The van der Waals surface area contributed by atoms with Crippen LogP contribution >= 0.6 is 0 Å². The van der Waals surface area contributed by atoms with E-state index in [2.05, 4.69) is 20.4 Å². The van der Waals surface area contributed by atoms with E-state index in [0.717, 1.165) is 0 Å². The summed E-state index contributed by atoms with van der Waals surface area (Å²) in [6, 6.07) is 0. The van der Waals surface area contributed by atoms with Crippen molar-refractivity contribution >= 4 is 5.91 Å². The van der Waals surface area contributed by atoms with Gasteiger partial charge in [-0.05, 0) is 6.92 Å². The van der Waals surface area contributed by atoms with Crippen LogP contribution in [-0.4, -0.2) is 5.91 Å². The van der Waals surface area contributed by atoms with Gasteiger partial charge in [-0.25, -0.2) is 0 Å². The van der Waals surface area contributed by atoms with E-state index in [9.17, 15) is 4.79 Å². The number of rotatable bonds is 4. The highest BCUT2D eigenvalue weighted by Crippen LogP contribution is 1.95. The molecule has 0 fully saturated rings. The van der Waals surface area contributed by atoms with Crippen LogP contribution in [0.3, 0.4) is 0 Å². The lowest BCUT2D eigenvalue weighted by Crippen LogP contribution is -2.10. The third-order valence-corrected chi connectivity index (χ3v) is 1.38. The molecule has 0 rings (SSSR count). The fraction of sp³-hybridized carbons (Fsp3) is 0.700. The molecule has 0 spiro atoms. The second kappa shape index (κ2) is 10.2. The Morgan fingerprint density at radius 1 is 1.25 bits per heavy atom. The summed E-state index contributed by atoms with van der Waals surface area (Å²) in [7, 11) is 0. The van der Waals surface area contributed by atoms with Gasteiger partial charge in [0.1, 0.15) is 0 Å². The Balaban J connectivity index is 0. The van der Waals surface area contributed by atoms with Gasteiger partial charge in [0.05, 0.1) is 0 Å². The van der Waals surface area contributed by atoms with E-state index < -0.39 is 5.91 Å². The molecule has 0 aliphatic carbocycles. The minimum Gasteiger partial charge on any atom is -0.366 e. The van der Waals surface area contributed by atoms with Crippen LogP contribution in [0.25, 0.3) is 0 Å². The molecule has 0 radical (unpaired) electrons. The number of primary amides is 1. The Morgan fingerprint density at radius 3 is 1.58 bits per heavy atom. The summed E-state index contributed by atoms with van der Waals surface area (Å²) in [5, 5.41) is 0. The molecule has 72 valence electrons. The first-order valence-corrected chi connectivity index (χ1v) is 4.51. The zero-order valence-electron chi connectivity index (χ0n) is 8.52. The summed E-state index contributed by atoms with van der Waals surface area (Å²) in [5.74, 6) is -0.435. The second-order valence-corrected chi connectivity index (χ2v) is 2.85. The monoisotopic (exact) mass is 171 g/mol. The van der Waals surface area contributed by atoms with E-state index in [4.69, 9.17) is 5.73 Å². The summed E-state index contributed by atoms with van der Waals surface area (Å²) in [5.41, 5.74) is 5.09. The van der Waals surface area contributed by atoms with Gasteiger partial charge in [0.25, 0.3) is 0 Å². The predicted octanol–water partition coefficient (Wildman–Crippen LogP) is 2.63. The van der Waals surface area contributed by atoms with E-state index in [1.807, 2.05) is 0 Å². The molecular formula is C10H21NO. The molecule has 0 saturated carbocycles. The first-order valence-electron chi connectivity index (χ1n) is 4.51. The number of nitrogens with two attached hydrogens (primary N) is 1. The largest absolute Gasteiger partial charge is 0.366 e. The Morgan fingerprint density at radius 2 is 1.50 bits per heavy atom. The van der Waals surface area contributed by atoms with E-state index in [1.54, 1.807) is 6.92 Å². The molecule has 0 aromatic carbocycles.